The fourth-order valence-electron chi connectivity index (χ4n) is 2.70. The number of nitrogens with zero attached hydrogens (tertiary/aromatic N) is 3. The van der Waals surface area contributed by atoms with Crippen LogP contribution in [0.15, 0.2) is 76.5 Å². The summed E-state index contributed by atoms with van der Waals surface area (Å²) < 4.78 is 12.1. The normalized spacial score (nSPS) is 15.9. The summed E-state index contributed by atoms with van der Waals surface area (Å²) in [6.45, 7) is 0.194. The van der Waals surface area contributed by atoms with Gasteiger partial charge in [-0.25, -0.2) is 9.67 Å². The van der Waals surface area contributed by atoms with Crippen LogP contribution in [0.25, 0.3) is 11.3 Å². The molecule has 1 aliphatic heterocycles. The predicted octanol–water partition coefficient (Wildman–Crippen LogP) is 3.69. The van der Waals surface area contributed by atoms with Gasteiger partial charge in [0.25, 0.3) is 5.56 Å². The summed E-state index contributed by atoms with van der Waals surface area (Å²) in [5.41, 5.74) is 2.45. The van der Waals surface area contributed by atoms with Crippen molar-refractivity contribution in [3.8, 4) is 17.0 Å². The Morgan fingerprint density at radius 1 is 1.07 bits per heavy atom. The summed E-state index contributed by atoms with van der Waals surface area (Å²) in [5, 5.41) is 4.33. The van der Waals surface area contributed by atoms with Crippen LogP contribution in [0.4, 0.5) is 0 Å². The van der Waals surface area contributed by atoms with E-state index in [-0.39, 0.29) is 17.5 Å². The van der Waals surface area contributed by atoms with Gasteiger partial charge in [0.2, 0.25) is 5.90 Å². The molecule has 3 aromatic rings. The quantitative estimate of drug-likeness (QED) is 0.633. The zero-order chi connectivity index (χ0) is 18.6. The number of rotatable bonds is 5. The molecule has 0 N–H and O–H groups in total. The lowest BCUT2D eigenvalue weighted by atomic mass is 10.1. The Bertz CT molecular complexity index is 1020. The minimum absolute atomic E-state index is 0.123. The van der Waals surface area contributed by atoms with Crippen molar-refractivity contribution >= 4 is 17.9 Å². The first-order valence-electron chi connectivity index (χ1n) is 8.40. The second kappa shape index (κ2) is 7.67. The highest BCUT2D eigenvalue weighted by atomic mass is 32.2. The van der Waals surface area contributed by atoms with Crippen molar-refractivity contribution in [3.63, 3.8) is 0 Å². The van der Waals surface area contributed by atoms with Gasteiger partial charge in [0.1, 0.15) is 12.3 Å². The Balaban J connectivity index is 1.56. The molecule has 1 aliphatic rings. The van der Waals surface area contributed by atoms with Crippen LogP contribution in [0.3, 0.4) is 0 Å². The highest BCUT2D eigenvalue weighted by Gasteiger charge is 2.23. The second-order valence-corrected chi connectivity index (χ2v) is 6.71. The van der Waals surface area contributed by atoms with Gasteiger partial charge in [0.15, 0.2) is 5.37 Å². The van der Waals surface area contributed by atoms with Crippen molar-refractivity contribution in [2.75, 3.05) is 7.11 Å². The van der Waals surface area contributed by atoms with E-state index in [2.05, 4.69) is 10.1 Å². The SMILES string of the molecule is COc1ccc(-c2ccc(=O)n(CC3=NC(c4ccccc4)SO3)n2)cc1. The Morgan fingerprint density at radius 3 is 2.59 bits per heavy atom. The molecular formula is C20H17N3O3S. The Morgan fingerprint density at radius 2 is 1.85 bits per heavy atom. The lowest BCUT2D eigenvalue weighted by Gasteiger charge is -2.07. The van der Waals surface area contributed by atoms with E-state index in [4.69, 9.17) is 8.92 Å². The molecule has 0 bridgehead atoms. The van der Waals surface area contributed by atoms with Crippen LogP contribution in [0.2, 0.25) is 0 Å². The highest BCUT2D eigenvalue weighted by Crippen LogP contribution is 2.36. The fourth-order valence-corrected chi connectivity index (χ4v) is 3.42. The number of hydrogen-bond donors (Lipinski definition) is 0. The molecule has 0 saturated carbocycles. The maximum atomic E-state index is 12.2. The molecular weight excluding hydrogens is 362 g/mol. The van der Waals surface area contributed by atoms with Gasteiger partial charge >= 0.3 is 0 Å². The van der Waals surface area contributed by atoms with Crippen molar-refractivity contribution in [2.45, 2.75) is 11.9 Å². The van der Waals surface area contributed by atoms with Crippen LogP contribution < -0.4 is 10.3 Å². The zero-order valence-electron chi connectivity index (χ0n) is 14.6. The van der Waals surface area contributed by atoms with Crippen molar-refractivity contribution in [1.82, 2.24) is 9.78 Å². The molecule has 0 aliphatic carbocycles. The summed E-state index contributed by atoms with van der Waals surface area (Å²) in [5.74, 6) is 1.25. The Hall–Kier alpha value is -3.06. The fraction of sp³-hybridized carbons (Fsp3) is 0.150. The Labute approximate surface area is 160 Å². The van der Waals surface area contributed by atoms with E-state index in [1.165, 1.54) is 22.8 Å². The highest BCUT2D eigenvalue weighted by molar-refractivity contribution is 7.95. The van der Waals surface area contributed by atoms with Crippen LogP contribution >= 0.6 is 12.0 Å². The number of benzene rings is 2. The van der Waals surface area contributed by atoms with Gasteiger partial charge in [-0.05, 0) is 35.9 Å². The third-order valence-corrected chi connectivity index (χ3v) is 4.97. The maximum Gasteiger partial charge on any atom is 0.267 e. The second-order valence-electron chi connectivity index (χ2n) is 5.91. The summed E-state index contributed by atoms with van der Waals surface area (Å²) in [7, 11) is 1.62. The molecule has 1 atom stereocenters. The summed E-state index contributed by atoms with van der Waals surface area (Å²) in [4.78, 5) is 16.8. The van der Waals surface area contributed by atoms with Gasteiger partial charge in [-0.15, -0.1) is 0 Å². The van der Waals surface area contributed by atoms with E-state index in [0.717, 1.165) is 16.9 Å². The van der Waals surface area contributed by atoms with E-state index in [9.17, 15) is 4.79 Å². The van der Waals surface area contributed by atoms with E-state index in [1.807, 2.05) is 54.6 Å². The van der Waals surface area contributed by atoms with E-state index < -0.39 is 0 Å². The van der Waals surface area contributed by atoms with Crippen LogP contribution in [-0.4, -0.2) is 22.8 Å². The minimum atomic E-state index is -0.202. The molecule has 136 valence electrons. The first kappa shape index (κ1) is 17.4. The molecule has 2 heterocycles. The number of aromatic nitrogens is 2. The van der Waals surface area contributed by atoms with E-state index >= 15 is 0 Å². The van der Waals surface area contributed by atoms with Gasteiger partial charge in [-0.3, -0.25) is 4.79 Å². The average Bonchev–Trinajstić information content (AvgIpc) is 3.19. The van der Waals surface area contributed by atoms with Gasteiger partial charge in [-0.2, -0.15) is 5.10 Å². The van der Waals surface area contributed by atoms with Gasteiger partial charge in [0, 0.05) is 11.6 Å². The van der Waals surface area contributed by atoms with Crippen LogP contribution in [0.1, 0.15) is 10.9 Å². The van der Waals surface area contributed by atoms with Crippen molar-refractivity contribution < 1.29 is 8.92 Å². The van der Waals surface area contributed by atoms with Crippen LogP contribution in [0, 0.1) is 0 Å². The molecule has 0 saturated heterocycles. The summed E-state index contributed by atoms with van der Waals surface area (Å²) in [6, 6.07) is 20.6. The first-order chi connectivity index (χ1) is 13.2. The lowest BCUT2D eigenvalue weighted by Crippen LogP contribution is -2.26. The van der Waals surface area contributed by atoms with Crippen molar-refractivity contribution in [1.29, 1.82) is 0 Å². The van der Waals surface area contributed by atoms with Crippen LogP contribution in [-0.2, 0) is 10.7 Å². The molecule has 0 fully saturated rings. The number of aliphatic imine (C=N–C) groups is 1. The topological polar surface area (TPSA) is 65.7 Å². The molecule has 0 radical (unpaired) electrons. The smallest absolute Gasteiger partial charge is 0.267 e. The molecule has 7 heteroatoms. The molecule has 4 rings (SSSR count). The molecule has 1 unspecified atom stereocenters. The third-order valence-electron chi connectivity index (χ3n) is 4.12. The van der Waals surface area contributed by atoms with Crippen LogP contribution in [0.5, 0.6) is 5.75 Å². The molecule has 0 amide bonds. The molecule has 0 spiro atoms. The first-order valence-corrected chi connectivity index (χ1v) is 9.21. The maximum absolute atomic E-state index is 12.2. The molecule has 27 heavy (non-hydrogen) atoms. The van der Waals surface area contributed by atoms with Gasteiger partial charge < -0.3 is 8.92 Å². The third kappa shape index (κ3) is 3.88. The molecule has 1 aromatic heterocycles. The summed E-state index contributed by atoms with van der Waals surface area (Å²) in [6.07, 6.45) is 0. The number of hydrogen-bond acceptors (Lipinski definition) is 6. The standard InChI is InChI=1S/C20H17N3O3S/c1-25-16-9-7-14(8-10-16)17-11-12-19(24)23(22-17)13-18-21-20(27-26-18)15-5-3-2-4-6-15/h2-12,20H,13H2,1H3. The number of ether oxygens (including phenoxy) is 1. The largest absolute Gasteiger partial charge is 0.497 e. The zero-order valence-corrected chi connectivity index (χ0v) is 15.4. The van der Waals surface area contributed by atoms with E-state index in [0.29, 0.717) is 11.6 Å². The van der Waals surface area contributed by atoms with E-state index in [1.54, 1.807) is 13.2 Å². The minimum Gasteiger partial charge on any atom is -0.497 e. The Kier molecular flexibility index (Phi) is 4.93. The predicted molar refractivity (Wildman–Crippen MR) is 106 cm³/mol. The van der Waals surface area contributed by atoms with Crippen molar-refractivity contribution in [3.05, 3.63) is 82.6 Å². The summed E-state index contributed by atoms with van der Waals surface area (Å²) >= 11 is 1.27. The van der Waals surface area contributed by atoms with Crippen molar-refractivity contribution in [2.24, 2.45) is 4.99 Å². The molecule has 6 nitrogen and oxygen atoms in total. The monoisotopic (exact) mass is 379 g/mol. The van der Waals surface area contributed by atoms with Gasteiger partial charge in [-0.1, -0.05) is 30.3 Å². The van der Waals surface area contributed by atoms with Gasteiger partial charge in [0.05, 0.1) is 24.8 Å². The average molecular weight is 379 g/mol. The lowest BCUT2D eigenvalue weighted by molar-refractivity contribution is 0.415. The molecule has 2 aromatic carbocycles. The number of methoxy groups -OCH3 is 1.